The van der Waals surface area contributed by atoms with Gasteiger partial charge in [-0.15, -0.1) is 0 Å². The fourth-order valence-electron chi connectivity index (χ4n) is 2.14. The van der Waals surface area contributed by atoms with E-state index in [9.17, 15) is 4.79 Å². The summed E-state index contributed by atoms with van der Waals surface area (Å²) in [6.45, 7) is 5.57. The normalized spacial score (nSPS) is 23.6. The van der Waals surface area contributed by atoms with Crippen molar-refractivity contribution in [2.45, 2.75) is 45.6 Å². The summed E-state index contributed by atoms with van der Waals surface area (Å²) >= 11 is 0. The second kappa shape index (κ2) is 7.29. The first-order chi connectivity index (χ1) is 8.13. The molecule has 2 N–H and O–H groups in total. The highest BCUT2D eigenvalue weighted by atomic mass is 16.1. The van der Waals surface area contributed by atoms with Crippen LogP contribution < -0.4 is 10.6 Å². The van der Waals surface area contributed by atoms with E-state index in [2.05, 4.69) is 30.6 Å². The summed E-state index contributed by atoms with van der Waals surface area (Å²) in [7, 11) is 0. The standard InChI is InChI=1S/C13H23N3O/c1-10(2)9-16-13(17)6-7-15-12-5-3-4-11(12)8-14/h10-12,15H,3-7,9H2,1-2H3,(H,16,17). The van der Waals surface area contributed by atoms with Gasteiger partial charge >= 0.3 is 0 Å². The van der Waals surface area contributed by atoms with Gasteiger partial charge in [0.25, 0.3) is 0 Å². The Balaban J connectivity index is 2.11. The molecule has 1 aliphatic rings. The van der Waals surface area contributed by atoms with Gasteiger partial charge in [0.05, 0.1) is 12.0 Å². The van der Waals surface area contributed by atoms with E-state index in [0.717, 1.165) is 25.8 Å². The number of hydrogen-bond donors (Lipinski definition) is 2. The summed E-state index contributed by atoms with van der Waals surface area (Å²) in [5.41, 5.74) is 0. The summed E-state index contributed by atoms with van der Waals surface area (Å²) in [6, 6.07) is 2.62. The van der Waals surface area contributed by atoms with Crippen LogP contribution in [0.15, 0.2) is 0 Å². The Morgan fingerprint density at radius 3 is 2.88 bits per heavy atom. The van der Waals surface area contributed by atoms with Crippen molar-refractivity contribution >= 4 is 5.91 Å². The Morgan fingerprint density at radius 2 is 2.24 bits per heavy atom. The van der Waals surface area contributed by atoms with Crippen LogP contribution in [0.1, 0.15) is 39.5 Å². The van der Waals surface area contributed by atoms with Gasteiger partial charge in [-0.05, 0) is 18.8 Å². The van der Waals surface area contributed by atoms with Crippen molar-refractivity contribution in [1.82, 2.24) is 10.6 Å². The molecule has 1 fully saturated rings. The van der Waals surface area contributed by atoms with Gasteiger partial charge in [-0.1, -0.05) is 20.3 Å². The lowest BCUT2D eigenvalue weighted by Gasteiger charge is -2.15. The average molecular weight is 237 g/mol. The van der Waals surface area contributed by atoms with E-state index in [0.29, 0.717) is 18.9 Å². The molecule has 17 heavy (non-hydrogen) atoms. The van der Waals surface area contributed by atoms with Crippen molar-refractivity contribution in [2.75, 3.05) is 13.1 Å². The predicted octanol–water partition coefficient (Wildman–Crippen LogP) is 1.43. The molecular formula is C13H23N3O. The van der Waals surface area contributed by atoms with Crippen LogP contribution in [0.4, 0.5) is 0 Å². The smallest absolute Gasteiger partial charge is 0.221 e. The number of carbonyl (C=O) groups excluding carboxylic acids is 1. The molecule has 0 heterocycles. The summed E-state index contributed by atoms with van der Waals surface area (Å²) in [5, 5.41) is 15.1. The van der Waals surface area contributed by atoms with Crippen molar-refractivity contribution in [3.05, 3.63) is 0 Å². The molecule has 2 atom stereocenters. The number of nitrogens with one attached hydrogen (secondary N) is 2. The van der Waals surface area contributed by atoms with Crippen molar-refractivity contribution in [3.63, 3.8) is 0 Å². The van der Waals surface area contributed by atoms with Crippen molar-refractivity contribution < 1.29 is 4.79 Å². The molecule has 1 saturated carbocycles. The number of nitrogens with zero attached hydrogens (tertiary/aromatic N) is 1. The van der Waals surface area contributed by atoms with Gasteiger partial charge in [0, 0.05) is 25.6 Å². The van der Waals surface area contributed by atoms with E-state index in [-0.39, 0.29) is 17.9 Å². The third-order valence-electron chi connectivity index (χ3n) is 3.15. The molecule has 0 aromatic carbocycles. The second-order valence-corrected chi connectivity index (χ2v) is 5.18. The zero-order chi connectivity index (χ0) is 12.7. The maximum absolute atomic E-state index is 11.5. The van der Waals surface area contributed by atoms with E-state index in [1.165, 1.54) is 0 Å². The molecule has 4 nitrogen and oxygen atoms in total. The maximum Gasteiger partial charge on any atom is 0.221 e. The van der Waals surface area contributed by atoms with Crippen molar-refractivity contribution in [2.24, 2.45) is 11.8 Å². The Labute approximate surface area is 104 Å². The Hall–Kier alpha value is -1.08. The van der Waals surface area contributed by atoms with Gasteiger partial charge in [0.15, 0.2) is 0 Å². The highest BCUT2D eigenvalue weighted by molar-refractivity contribution is 5.76. The number of hydrogen-bond acceptors (Lipinski definition) is 3. The molecule has 4 heteroatoms. The van der Waals surface area contributed by atoms with Crippen molar-refractivity contribution in [3.8, 4) is 6.07 Å². The van der Waals surface area contributed by atoms with Crippen LogP contribution in [0, 0.1) is 23.2 Å². The first kappa shape index (κ1) is 14.0. The minimum Gasteiger partial charge on any atom is -0.356 e. The monoisotopic (exact) mass is 237 g/mol. The van der Waals surface area contributed by atoms with E-state index in [1.54, 1.807) is 0 Å². The largest absolute Gasteiger partial charge is 0.356 e. The minimum absolute atomic E-state index is 0.0951. The Kier molecular flexibility index (Phi) is 5.99. The molecule has 0 bridgehead atoms. The number of carbonyl (C=O) groups is 1. The maximum atomic E-state index is 11.5. The van der Waals surface area contributed by atoms with Crippen LogP contribution in [-0.4, -0.2) is 25.0 Å². The zero-order valence-electron chi connectivity index (χ0n) is 10.8. The van der Waals surface area contributed by atoms with Crippen LogP contribution >= 0.6 is 0 Å². The van der Waals surface area contributed by atoms with Gasteiger partial charge in [-0.2, -0.15) is 5.26 Å². The lowest BCUT2D eigenvalue weighted by Crippen LogP contribution is -2.36. The summed E-state index contributed by atoms with van der Waals surface area (Å²) in [5.74, 6) is 0.719. The molecule has 0 radical (unpaired) electrons. The quantitative estimate of drug-likeness (QED) is 0.734. The fourth-order valence-corrected chi connectivity index (χ4v) is 2.14. The number of rotatable bonds is 6. The van der Waals surface area contributed by atoms with Gasteiger partial charge in [0.2, 0.25) is 5.91 Å². The molecule has 0 aromatic rings. The second-order valence-electron chi connectivity index (χ2n) is 5.18. The van der Waals surface area contributed by atoms with Gasteiger partial charge < -0.3 is 10.6 Å². The topological polar surface area (TPSA) is 64.9 Å². The molecule has 1 rings (SSSR count). The highest BCUT2D eigenvalue weighted by Crippen LogP contribution is 2.24. The van der Waals surface area contributed by atoms with Crippen LogP contribution in [0.25, 0.3) is 0 Å². The first-order valence-electron chi connectivity index (χ1n) is 6.53. The fraction of sp³-hybridized carbons (Fsp3) is 0.846. The zero-order valence-corrected chi connectivity index (χ0v) is 10.8. The summed E-state index contributed by atoms with van der Waals surface area (Å²) in [4.78, 5) is 11.5. The molecule has 2 unspecified atom stereocenters. The third-order valence-corrected chi connectivity index (χ3v) is 3.15. The summed E-state index contributed by atoms with van der Waals surface area (Å²) < 4.78 is 0. The molecule has 0 saturated heterocycles. The molecule has 0 spiro atoms. The van der Waals surface area contributed by atoms with E-state index in [1.807, 2.05) is 0 Å². The van der Waals surface area contributed by atoms with Gasteiger partial charge in [-0.25, -0.2) is 0 Å². The van der Waals surface area contributed by atoms with E-state index in [4.69, 9.17) is 5.26 Å². The predicted molar refractivity (Wildman–Crippen MR) is 67.2 cm³/mol. The van der Waals surface area contributed by atoms with Crippen LogP contribution in [0.3, 0.4) is 0 Å². The van der Waals surface area contributed by atoms with Crippen LogP contribution in [0.2, 0.25) is 0 Å². The molecule has 1 amide bonds. The lowest BCUT2D eigenvalue weighted by molar-refractivity contribution is -0.121. The summed E-state index contributed by atoms with van der Waals surface area (Å²) in [6.07, 6.45) is 3.68. The molecule has 1 aliphatic carbocycles. The van der Waals surface area contributed by atoms with Gasteiger partial charge in [0.1, 0.15) is 0 Å². The number of nitriles is 1. The molecule has 0 aliphatic heterocycles. The molecule has 96 valence electrons. The molecular weight excluding hydrogens is 214 g/mol. The Morgan fingerprint density at radius 1 is 1.47 bits per heavy atom. The van der Waals surface area contributed by atoms with Crippen LogP contribution in [0.5, 0.6) is 0 Å². The van der Waals surface area contributed by atoms with Gasteiger partial charge in [-0.3, -0.25) is 4.79 Å². The highest BCUT2D eigenvalue weighted by Gasteiger charge is 2.26. The average Bonchev–Trinajstić information content (AvgIpc) is 2.74. The first-order valence-corrected chi connectivity index (χ1v) is 6.53. The number of amides is 1. The third kappa shape index (κ3) is 5.18. The Bertz CT molecular complexity index is 283. The van der Waals surface area contributed by atoms with E-state index < -0.39 is 0 Å². The van der Waals surface area contributed by atoms with E-state index >= 15 is 0 Å². The SMILES string of the molecule is CC(C)CNC(=O)CCNC1CCCC1C#N. The lowest BCUT2D eigenvalue weighted by atomic mass is 10.1. The minimum atomic E-state index is 0.0951. The molecule has 0 aromatic heterocycles. The van der Waals surface area contributed by atoms with Crippen LogP contribution in [-0.2, 0) is 4.79 Å². The van der Waals surface area contributed by atoms with Crippen molar-refractivity contribution in [1.29, 1.82) is 5.26 Å².